The first-order chi connectivity index (χ1) is 9.45. The molecule has 5 heteroatoms. The maximum absolute atomic E-state index is 12.5. The lowest BCUT2D eigenvalue weighted by molar-refractivity contribution is 0.600. The van der Waals surface area contributed by atoms with Gasteiger partial charge in [0.2, 0.25) is 0 Å². The first-order valence-electron chi connectivity index (χ1n) is 6.32. The topological polar surface area (TPSA) is 72.2 Å². The molecule has 0 amide bonds. The molecule has 106 valence electrons. The average Bonchev–Trinajstić information content (AvgIpc) is 2.43. The number of sulfonamides is 1. The molecule has 0 atom stereocenters. The molecule has 0 spiro atoms. The highest BCUT2D eigenvalue weighted by Gasteiger charge is 2.18. The molecule has 0 fully saturated rings. The second-order valence-electron chi connectivity index (χ2n) is 4.66. The van der Waals surface area contributed by atoms with Crippen LogP contribution in [-0.4, -0.2) is 8.42 Å². The van der Waals surface area contributed by atoms with Gasteiger partial charge in [-0.3, -0.25) is 4.72 Å². The van der Waals surface area contributed by atoms with Crippen LogP contribution in [0.4, 0.5) is 5.69 Å². The van der Waals surface area contributed by atoms with Crippen molar-refractivity contribution >= 4 is 15.7 Å². The fraction of sp³-hybridized carbons (Fsp3) is 0.200. The monoisotopic (exact) mass is 290 g/mol. The van der Waals surface area contributed by atoms with E-state index in [1.807, 2.05) is 26.0 Å². The second kappa shape index (κ2) is 5.64. The highest BCUT2D eigenvalue weighted by molar-refractivity contribution is 7.92. The van der Waals surface area contributed by atoms with Gasteiger partial charge >= 0.3 is 0 Å². The van der Waals surface area contributed by atoms with Crippen LogP contribution in [0, 0.1) is 13.8 Å². The van der Waals surface area contributed by atoms with Gasteiger partial charge in [-0.1, -0.05) is 30.3 Å². The number of anilines is 1. The lowest BCUT2D eigenvalue weighted by Gasteiger charge is -2.14. The van der Waals surface area contributed by atoms with Crippen molar-refractivity contribution in [2.75, 3.05) is 4.72 Å². The third kappa shape index (κ3) is 2.84. The fourth-order valence-electron chi connectivity index (χ4n) is 2.00. The van der Waals surface area contributed by atoms with Gasteiger partial charge in [0.25, 0.3) is 10.0 Å². The quantitative estimate of drug-likeness (QED) is 0.909. The Morgan fingerprint density at radius 1 is 1.05 bits per heavy atom. The maximum atomic E-state index is 12.5. The number of hydrogen-bond donors (Lipinski definition) is 2. The molecule has 0 aliphatic rings. The van der Waals surface area contributed by atoms with Gasteiger partial charge in [-0.05, 0) is 42.7 Å². The summed E-state index contributed by atoms with van der Waals surface area (Å²) >= 11 is 0. The van der Waals surface area contributed by atoms with Crippen molar-refractivity contribution in [2.24, 2.45) is 5.73 Å². The summed E-state index contributed by atoms with van der Waals surface area (Å²) in [6.07, 6.45) is 0. The van der Waals surface area contributed by atoms with E-state index in [0.29, 0.717) is 11.3 Å². The van der Waals surface area contributed by atoms with Crippen molar-refractivity contribution in [3.8, 4) is 0 Å². The van der Waals surface area contributed by atoms with E-state index in [2.05, 4.69) is 4.72 Å². The van der Waals surface area contributed by atoms with Crippen LogP contribution in [0.25, 0.3) is 0 Å². The van der Waals surface area contributed by atoms with Crippen molar-refractivity contribution in [3.05, 3.63) is 59.2 Å². The SMILES string of the molecule is Cc1cccc(NS(=O)(=O)c2ccccc2CN)c1C. The van der Waals surface area contributed by atoms with Crippen molar-refractivity contribution in [3.63, 3.8) is 0 Å². The minimum Gasteiger partial charge on any atom is -0.326 e. The third-order valence-corrected chi connectivity index (χ3v) is 4.80. The minimum atomic E-state index is -3.63. The molecule has 4 nitrogen and oxygen atoms in total. The molecule has 0 bridgehead atoms. The number of nitrogens with one attached hydrogen (secondary N) is 1. The van der Waals surface area contributed by atoms with Gasteiger partial charge in [0.05, 0.1) is 10.6 Å². The van der Waals surface area contributed by atoms with Crippen LogP contribution in [0.1, 0.15) is 16.7 Å². The smallest absolute Gasteiger partial charge is 0.262 e. The number of aryl methyl sites for hydroxylation is 1. The van der Waals surface area contributed by atoms with Gasteiger partial charge in [0, 0.05) is 6.54 Å². The van der Waals surface area contributed by atoms with Crippen LogP contribution in [0.3, 0.4) is 0 Å². The van der Waals surface area contributed by atoms with E-state index in [1.165, 1.54) is 0 Å². The fourth-order valence-corrected chi connectivity index (χ4v) is 3.37. The lowest BCUT2D eigenvalue weighted by atomic mass is 10.1. The lowest BCUT2D eigenvalue weighted by Crippen LogP contribution is -2.17. The standard InChI is InChI=1S/C15H18N2O2S/c1-11-6-5-8-14(12(11)2)17-20(18,19)15-9-4-3-7-13(15)10-16/h3-9,17H,10,16H2,1-2H3. The molecule has 20 heavy (non-hydrogen) atoms. The zero-order valence-corrected chi connectivity index (χ0v) is 12.4. The van der Waals surface area contributed by atoms with Crippen LogP contribution >= 0.6 is 0 Å². The molecule has 3 N–H and O–H groups in total. The van der Waals surface area contributed by atoms with Crippen molar-refractivity contribution in [2.45, 2.75) is 25.3 Å². The highest BCUT2D eigenvalue weighted by Crippen LogP contribution is 2.23. The van der Waals surface area contributed by atoms with E-state index in [4.69, 9.17) is 5.73 Å². The number of hydrogen-bond acceptors (Lipinski definition) is 3. The van der Waals surface area contributed by atoms with Gasteiger partial charge in [-0.25, -0.2) is 8.42 Å². The Hall–Kier alpha value is -1.85. The second-order valence-corrected chi connectivity index (χ2v) is 6.32. The van der Waals surface area contributed by atoms with E-state index < -0.39 is 10.0 Å². The zero-order valence-electron chi connectivity index (χ0n) is 11.6. The summed E-state index contributed by atoms with van der Waals surface area (Å²) in [7, 11) is -3.63. The zero-order chi connectivity index (χ0) is 14.8. The Morgan fingerprint density at radius 2 is 1.75 bits per heavy atom. The Morgan fingerprint density at radius 3 is 2.45 bits per heavy atom. The molecule has 2 aromatic carbocycles. The molecule has 0 heterocycles. The Balaban J connectivity index is 2.44. The largest absolute Gasteiger partial charge is 0.326 e. The number of benzene rings is 2. The highest BCUT2D eigenvalue weighted by atomic mass is 32.2. The number of nitrogens with two attached hydrogens (primary N) is 1. The first kappa shape index (κ1) is 14.6. The van der Waals surface area contributed by atoms with E-state index in [0.717, 1.165) is 11.1 Å². The van der Waals surface area contributed by atoms with Crippen molar-refractivity contribution < 1.29 is 8.42 Å². The van der Waals surface area contributed by atoms with Gasteiger partial charge in [-0.15, -0.1) is 0 Å². The summed E-state index contributed by atoms with van der Waals surface area (Å²) in [5.41, 5.74) is 8.76. The number of rotatable bonds is 4. The average molecular weight is 290 g/mol. The summed E-state index contributed by atoms with van der Waals surface area (Å²) < 4.78 is 27.6. The molecule has 0 unspecified atom stereocenters. The third-order valence-electron chi connectivity index (χ3n) is 3.33. The van der Waals surface area contributed by atoms with Crippen LogP contribution in [0.15, 0.2) is 47.4 Å². The Labute approximate surface area is 119 Å². The molecule has 0 saturated heterocycles. The molecule has 2 rings (SSSR count). The summed E-state index contributed by atoms with van der Waals surface area (Å²) in [4.78, 5) is 0.225. The normalized spacial score (nSPS) is 11.3. The molecule has 0 aromatic heterocycles. The van der Waals surface area contributed by atoms with Crippen LogP contribution in [0.5, 0.6) is 0 Å². The van der Waals surface area contributed by atoms with Gasteiger partial charge in [0.1, 0.15) is 0 Å². The van der Waals surface area contributed by atoms with E-state index >= 15 is 0 Å². The van der Waals surface area contributed by atoms with Crippen molar-refractivity contribution in [1.29, 1.82) is 0 Å². The first-order valence-corrected chi connectivity index (χ1v) is 7.81. The maximum Gasteiger partial charge on any atom is 0.262 e. The summed E-state index contributed by atoms with van der Waals surface area (Å²) in [5, 5.41) is 0. The summed E-state index contributed by atoms with van der Waals surface area (Å²) in [6, 6.07) is 12.3. The van der Waals surface area contributed by atoms with E-state index in [9.17, 15) is 8.42 Å². The molecular formula is C15H18N2O2S. The predicted octanol–water partition coefficient (Wildman–Crippen LogP) is 2.56. The molecular weight excluding hydrogens is 272 g/mol. The molecule has 0 aliphatic heterocycles. The molecule has 0 radical (unpaired) electrons. The molecule has 2 aromatic rings. The summed E-state index contributed by atoms with van der Waals surface area (Å²) in [6.45, 7) is 4.02. The van der Waals surface area contributed by atoms with Crippen LogP contribution in [-0.2, 0) is 16.6 Å². The van der Waals surface area contributed by atoms with Gasteiger partial charge in [0.15, 0.2) is 0 Å². The van der Waals surface area contributed by atoms with Crippen LogP contribution in [0.2, 0.25) is 0 Å². The minimum absolute atomic E-state index is 0.184. The van der Waals surface area contributed by atoms with Gasteiger partial charge in [-0.2, -0.15) is 0 Å². The Kier molecular flexibility index (Phi) is 4.11. The summed E-state index contributed by atoms with van der Waals surface area (Å²) in [5.74, 6) is 0. The molecule has 0 saturated carbocycles. The van der Waals surface area contributed by atoms with Crippen LogP contribution < -0.4 is 10.5 Å². The van der Waals surface area contributed by atoms with Gasteiger partial charge < -0.3 is 5.73 Å². The predicted molar refractivity (Wildman–Crippen MR) is 81.1 cm³/mol. The Bertz CT molecular complexity index is 724. The van der Waals surface area contributed by atoms with E-state index in [-0.39, 0.29) is 11.4 Å². The molecule has 0 aliphatic carbocycles. The van der Waals surface area contributed by atoms with Crippen molar-refractivity contribution in [1.82, 2.24) is 0 Å². The van der Waals surface area contributed by atoms with E-state index in [1.54, 1.807) is 30.3 Å².